The molecule has 0 aliphatic carbocycles. The number of carbonyl (C=O) groups is 1. The van der Waals surface area contributed by atoms with E-state index in [2.05, 4.69) is 10.3 Å². The van der Waals surface area contributed by atoms with E-state index < -0.39 is 0 Å². The van der Waals surface area contributed by atoms with Crippen LogP contribution in [-0.4, -0.2) is 27.2 Å². The summed E-state index contributed by atoms with van der Waals surface area (Å²) in [6, 6.07) is 14.3. The summed E-state index contributed by atoms with van der Waals surface area (Å²) in [5.74, 6) is 0.0405. The summed E-state index contributed by atoms with van der Waals surface area (Å²) in [6.45, 7) is 3.29. The van der Waals surface area contributed by atoms with Crippen LogP contribution in [0.4, 0.5) is 5.69 Å². The maximum absolute atomic E-state index is 13.1. The lowest BCUT2D eigenvalue weighted by Gasteiger charge is -2.16. The molecule has 3 rings (SSSR count). The molecule has 0 saturated carbocycles. The SMILES string of the molecule is Cc1cccc(NC(=O)Cn2c(-c3ccc(Cl)cc3)nc(C)c(CCO)c2=O)c1. The van der Waals surface area contributed by atoms with Gasteiger partial charge in [0.05, 0.1) is 0 Å². The number of hydrogen-bond donors (Lipinski definition) is 2. The van der Waals surface area contributed by atoms with Crippen LogP contribution >= 0.6 is 11.6 Å². The van der Waals surface area contributed by atoms with Crippen molar-refractivity contribution in [3.05, 3.63) is 80.7 Å². The maximum atomic E-state index is 13.1. The number of rotatable bonds is 6. The Hall–Kier alpha value is -2.96. The number of amides is 1. The first kappa shape index (κ1) is 20.8. The number of nitrogens with one attached hydrogen (secondary N) is 1. The van der Waals surface area contributed by atoms with E-state index in [9.17, 15) is 14.7 Å². The summed E-state index contributed by atoms with van der Waals surface area (Å²) >= 11 is 5.97. The van der Waals surface area contributed by atoms with Crippen molar-refractivity contribution < 1.29 is 9.90 Å². The molecule has 29 heavy (non-hydrogen) atoms. The van der Waals surface area contributed by atoms with Gasteiger partial charge in [-0.05, 0) is 55.8 Å². The van der Waals surface area contributed by atoms with Crippen LogP contribution in [0, 0.1) is 13.8 Å². The lowest BCUT2D eigenvalue weighted by atomic mass is 10.1. The van der Waals surface area contributed by atoms with Crippen LogP contribution in [0.3, 0.4) is 0 Å². The van der Waals surface area contributed by atoms with Gasteiger partial charge in [-0.15, -0.1) is 0 Å². The standard InChI is InChI=1S/C22H22ClN3O3/c1-14-4-3-5-18(12-14)25-20(28)13-26-21(16-6-8-17(23)9-7-16)24-15(2)19(10-11-27)22(26)29/h3-9,12,27H,10-11,13H2,1-2H3,(H,25,28). The summed E-state index contributed by atoms with van der Waals surface area (Å²) in [7, 11) is 0. The number of aryl methyl sites for hydroxylation is 2. The highest BCUT2D eigenvalue weighted by atomic mass is 35.5. The van der Waals surface area contributed by atoms with E-state index in [4.69, 9.17) is 11.6 Å². The number of benzene rings is 2. The third kappa shape index (κ3) is 4.91. The Morgan fingerprint density at radius 1 is 1.17 bits per heavy atom. The van der Waals surface area contributed by atoms with Gasteiger partial charge in [0.15, 0.2) is 0 Å². The van der Waals surface area contributed by atoms with Crippen molar-refractivity contribution in [3.8, 4) is 11.4 Å². The van der Waals surface area contributed by atoms with E-state index in [-0.39, 0.29) is 31.0 Å². The number of aliphatic hydroxyl groups excluding tert-OH is 1. The number of hydrogen-bond acceptors (Lipinski definition) is 4. The molecule has 6 nitrogen and oxygen atoms in total. The maximum Gasteiger partial charge on any atom is 0.257 e. The van der Waals surface area contributed by atoms with E-state index in [0.717, 1.165) is 5.56 Å². The molecule has 0 atom stereocenters. The minimum Gasteiger partial charge on any atom is -0.396 e. The second-order valence-electron chi connectivity index (χ2n) is 6.79. The molecule has 1 aromatic heterocycles. The molecular formula is C22H22ClN3O3. The fourth-order valence-corrected chi connectivity index (χ4v) is 3.26. The topological polar surface area (TPSA) is 84.2 Å². The predicted octanol–water partition coefficient (Wildman–Crippen LogP) is 3.35. The largest absolute Gasteiger partial charge is 0.396 e. The van der Waals surface area contributed by atoms with Gasteiger partial charge < -0.3 is 10.4 Å². The van der Waals surface area contributed by atoms with Gasteiger partial charge >= 0.3 is 0 Å². The van der Waals surface area contributed by atoms with Crippen molar-refractivity contribution in [3.63, 3.8) is 0 Å². The van der Waals surface area contributed by atoms with Crippen LogP contribution in [-0.2, 0) is 17.8 Å². The minimum absolute atomic E-state index is 0.173. The smallest absolute Gasteiger partial charge is 0.257 e. The van der Waals surface area contributed by atoms with E-state index >= 15 is 0 Å². The van der Waals surface area contributed by atoms with E-state index in [1.807, 2.05) is 25.1 Å². The molecule has 2 N–H and O–H groups in total. The zero-order valence-corrected chi connectivity index (χ0v) is 17.0. The molecule has 3 aromatic rings. The number of carbonyl (C=O) groups excluding carboxylic acids is 1. The van der Waals surface area contributed by atoms with Gasteiger partial charge in [0.1, 0.15) is 12.4 Å². The van der Waals surface area contributed by atoms with Crippen molar-refractivity contribution in [2.24, 2.45) is 0 Å². The molecule has 0 aliphatic rings. The van der Waals surface area contributed by atoms with Crippen molar-refractivity contribution in [2.45, 2.75) is 26.8 Å². The number of aliphatic hydroxyl groups is 1. The number of halogens is 1. The minimum atomic E-state index is -0.339. The monoisotopic (exact) mass is 411 g/mol. The van der Waals surface area contributed by atoms with Gasteiger partial charge in [-0.3, -0.25) is 14.2 Å². The van der Waals surface area contributed by atoms with Crippen LogP contribution in [0.5, 0.6) is 0 Å². The molecule has 0 saturated heterocycles. The first-order chi connectivity index (χ1) is 13.9. The quantitative estimate of drug-likeness (QED) is 0.651. The first-order valence-corrected chi connectivity index (χ1v) is 9.60. The van der Waals surface area contributed by atoms with Crippen LogP contribution in [0.1, 0.15) is 16.8 Å². The Balaban J connectivity index is 2.02. The number of anilines is 1. The molecule has 1 heterocycles. The van der Waals surface area contributed by atoms with Gasteiger partial charge in [0, 0.05) is 40.6 Å². The van der Waals surface area contributed by atoms with Gasteiger partial charge in [-0.2, -0.15) is 0 Å². The second-order valence-corrected chi connectivity index (χ2v) is 7.23. The predicted molar refractivity (Wildman–Crippen MR) is 114 cm³/mol. The second kappa shape index (κ2) is 9.03. The highest BCUT2D eigenvalue weighted by Crippen LogP contribution is 2.20. The highest BCUT2D eigenvalue weighted by molar-refractivity contribution is 6.30. The highest BCUT2D eigenvalue weighted by Gasteiger charge is 2.18. The normalized spacial score (nSPS) is 10.8. The third-order valence-electron chi connectivity index (χ3n) is 4.54. The van der Waals surface area contributed by atoms with Gasteiger partial charge in [0.25, 0.3) is 5.56 Å². The number of nitrogens with zero attached hydrogens (tertiary/aromatic N) is 2. The van der Waals surface area contributed by atoms with Crippen LogP contribution in [0.25, 0.3) is 11.4 Å². The first-order valence-electron chi connectivity index (χ1n) is 9.22. The molecule has 0 bridgehead atoms. The molecule has 0 radical (unpaired) electrons. The molecule has 0 spiro atoms. The fraction of sp³-hybridized carbons (Fsp3) is 0.227. The Labute approximate surface area is 173 Å². The third-order valence-corrected chi connectivity index (χ3v) is 4.79. The summed E-state index contributed by atoms with van der Waals surface area (Å²) in [5, 5.41) is 12.7. The van der Waals surface area contributed by atoms with E-state index in [0.29, 0.717) is 33.4 Å². The zero-order chi connectivity index (χ0) is 21.0. The Morgan fingerprint density at radius 2 is 1.90 bits per heavy atom. The van der Waals surface area contributed by atoms with Gasteiger partial charge in [-0.25, -0.2) is 4.98 Å². The Bertz CT molecular complexity index is 1090. The molecule has 1 amide bonds. The van der Waals surface area contributed by atoms with Crippen molar-refractivity contribution in [1.29, 1.82) is 0 Å². The lowest BCUT2D eigenvalue weighted by molar-refractivity contribution is -0.116. The van der Waals surface area contributed by atoms with E-state index in [1.54, 1.807) is 37.3 Å². The molecular weight excluding hydrogens is 390 g/mol. The van der Waals surface area contributed by atoms with Crippen molar-refractivity contribution in [2.75, 3.05) is 11.9 Å². The Kier molecular flexibility index (Phi) is 6.46. The fourth-order valence-electron chi connectivity index (χ4n) is 3.13. The Morgan fingerprint density at radius 3 is 2.55 bits per heavy atom. The molecule has 0 fully saturated rings. The summed E-state index contributed by atoms with van der Waals surface area (Å²) in [6.07, 6.45) is 0.179. The van der Waals surface area contributed by atoms with Crippen molar-refractivity contribution >= 4 is 23.2 Å². The zero-order valence-electron chi connectivity index (χ0n) is 16.3. The average molecular weight is 412 g/mol. The average Bonchev–Trinajstić information content (AvgIpc) is 2.68. The van der Waals surface area contributed by atoms with Crippen LogP contribution in [0.2, 0.25) is 5.02 Å². The summed E-state index contributed by atoms with van der Waals surface area (Å²) in [4.78, 5) is 30.3. The van der Waals surface area contributed by atoms with Crippen molar-refractivity contribution in [1.82, 2.24) is 9.55 Å². The summed E-state index contributed by atoms with van der Waals surface area (Å²) < 4.78 is 1.34. The molecule has 2 aromatic carbocycles. The van der Waals surface area contributed by atoms with Crippen LogP contribution < -0.4 is 10.9 Å². The molecule has 7 heteroatoms. The molecule has 0 aliphatic heterocycles. The number of aromatic nitrogens is 2. The lowest BCUT2D eigenvalue weighted by Crippen LogP contribution is -2.33. The van der Waals surface area contributed by atoms with Crippen LogP contribution in [0.15, 0.2) is 53.3 Å². The van der Waals surface area contributed by atoms with Gasteiger partial charge in [-0.1, -0.05) is 23.7 Å². The molecule has 150 valence electrons. The summed E-state index contributed by atoms with van der Waals surface area (Å²) in [5.41, 5.74) is 2.94. The molecule has 0 unspecified atom stereocenters. The van der Waals surface area contributed by atoms with E-state index in [1.165, 1.54) is 4.57 Å². The van der Waals surface area contributed by atoms with Gasteiger partial charge in [0.2, 0.25) is 5.91 Å².